The maximum Gasteiger partial charge on any atom is 0.226 e. The van der Waals surface area contributed by atoms with Crippen LogP contribution in [0.25, 0.3) is 0 Å². The molecule has 1 heterocycles. The Morgan fingerprint density at radius 3 is 2.92 bits per heavy atom. The molecule has 0 radical (unpaired) electrons. The van der Waals surface area contributed by atoms with Crippen LogP contribution in [0, 0.1) is 0 Å². The van der Waals surface area contributed by atoms with Gasteiger partial charge in [-0.3, -0.25) is 0 Å². The van der Waals surface area contributed by atoms with E-state index in [0.29, 0.717) is 18.4 Å². The molecule has 0 spiro atoms. The van der Waals surface area contributed by atoms with E-state index in [1.807, 2.05) is 0 Å². The standard InChI is InChI=1S/C9H17N3O/c1-3-7(2)9-11-8(13-12-9)5-4-6-10/h7H,3-6,10H2,1-2H3. The minimum Gasteiger partial charge on any atom is -0.339 e. The predicted molar refractivity (Wildman–Crippen MR) is 50.4 cm³/mol. The topological polar surface area (TPSA) is 64.9 Å². The van der Waals surface area contributed by atoms with Crippen LogP contribution >= 0.6 is 0 Å². The molecule has 2 N–H and O–H groups in total. The van der Waals surface area contributed by atoms with Crippen LogP contribution < -0.4 is 5.73 Å². The summed E-state index contributed by atoms with van der Waals surface area (Å²) in [5.74, 6) is 1.91. The van der Waals surface area contributed by atoms with Crippen LogP contribution in [0.2, 0.25) is 0 Å². The Hall–Kier alpha value is -0.900. The summed E-state index contributed by atoms with van der Waals surface area (Å²) in [6.07, 6.45) is 2.73. The summed E-state index contributed by atoms with van der Waals surface area (Å²) < 4.78 is 5.07. The first-order valence-electron chi connectivity index (χ1n) is 4.80. The van der Waals surface area contributed by atoms with Crippen LogP contribution in [-0.2, 0) is 6.42 Å². The van der Waals surface area contributed by atoms with Gasteiger partial charge in [0.05, 0.1) is 0 Å². The Labute approximate surface area is 78.5 Å². The molecule has 0 bridgehead atoms. The van der Waals surface area contributed by atoms with Gasteiger partial charge in [0, 0.05) is 12.3 Å². The molecule has 1 aromatic heterocycles. The van der Waals surface area contributed by atoms with E-state index in [1.165, 1.54) is 0 Å². The van der Waals surface area contributed by atoms with Gasteiger partial charge in [0.25, 0.3) is 0 Å². The number of hydrogen-bond donors (Lipinski definition) is 1. The van der Waals surface area contributed by atoms with Crippen LogP contribution in [0.15, 0.2) is 4.52 Å². The van der Waals surface area contributed by atoms with Gasteiger partial charge in [-0.2, -0.15) is 4.98 Å². The van der Waals surface area contributed by atoms with Crippen molar-refractivity contribution in [2.45, 2.75) is 39.0 Å². The van der Waals surface area contributed by atoms with Crippen molar-refractivity contribution in [1.82, 2.24) is 10.1 Å². The molecule has 0 saturated carbocycles. The average molecular weight is 183 g/mol. The predicted octanol–water partition coefficient (Wildman–Crippen LogP) is 1.47. The molecule has 1 unspecified atom stereocenters. The molecular formula is C9H17N3O. The molecule has 0 fully saturated rings. The highest BCUT2D eigenvalue weighted by Gasteiger charge is 2.10. The molecule has 13 heavy (non-hydrogen) atoms. The molecule has 4 nitrogen and oxygen atoms in total. The molecule has 0 aliphatic carbocycles. The Morgan fingerprint density at radius 1 is 1.54 bits per heavy atom. The van der Waals surface area contributed by atoms with E-state index >= 15 is 0 Å². The first kappa shape index (κ1) is 10.2. The summed E-state index contributed by atoms with van der Waals surface area (Å²) in [7, 11) is 0. The zero-order chi connectivity index (χ0) is 9.68. The smallest absolute Gasteiger partial charge is 0.226 e. The lowest BCUT2D eigenvalue weighted by Crippen LogP contribution is -2.00. The molecule has 74 valence electrons. The molecule has 1 atom stereocenters. The van der Waals surface area contributed by atoms with E-state index in [4.69, 9.17) is 10.3 Å². The van der Waals surface area contributed by atoms with Crippen molar-refractivity contribution in [2.75, 3.05) is 6.54 Å². The molecule has 0 aliphatic rings. The normalized spacial score (nSPS) is 13.2. The van der Waals surface area contributed by atoms with Crippen molar-refractivity contribution < 1.29 is 4.52 Å². The lowest BCUT2D eigenvalue weighted by Gasteiger charge is -1.98. The molecular weight excluding hydrogens is 166 g/mol. The van der Waals surface area contributed by atoms with Gasteiger partial charge in [0.1, 0.15) is 0 Å². The van der Waals surface area contributed by atoms with Gasteiger partial charge in [0.2, 0.25) is 5.89 Å². The summed E-state index contributed by atoms with van der Waals surface area (Å²) in [6, 6.07) is 0. The Kier molecular flexibility index (Phi) is 3.89. The van der Waals surface area contributed by atoms with E-state index in [0.717, 1.165) is 25.1 Å². The third-order valence-corrected chi connectivity index (χ3v) is 2.13. The van der Waals surface area contributed by atoms with Crippen molar-refractivity contribution in [1.29, 1.82) is 0 Å². The van der Waals surface area contributed by atoms with Gasteiger partial charge in [-0.05, 0) is 19.4 Å². The van der Waals surface area contributed by atoms with Gasteiger partial charge in [-0.1, -0.05) is 19.0 Å². The second-order valence-electron chi connectivity index (χ2n) is 3.25. The average Bonchev–Trinajstić information content (AvgIpc) is 2.62. The maximum absolute atomic E-state index is 5.38. The number of rotatable bonds is 5. The van der Waals surface area contributed by atoms with Crippen molar-refractivity contribution in [3.8, 4) is 0 Å². The van der Waals surface area contributed by atoms with Gasteiger partial charge < -0.3 is 10.3 Å². The Balaban J connectivity index is 2.53. The number of nitrogens with zero attached hydrogens (tertiary/aromatic N) is 2. The fourth-order valence-electron chi connectivity index (χ4n) is 1.01. The molecule has 1 aromatic rings. The van der Waals surface area contributed by atoms with Crippen LogP contribution in [0.1, 0.15) is 44.3 Å². The fourth-order valence-corrected chi connectivity index (χ4v) is 1.01. The minimum atomic E-state index is 0.385. The zero-order valence-corrected chi connectivity index (χ0v) is 8.29. The van der Waals surface area contributed by atoms with E-state index in [2.05, 4.69) is 24.0 Å². The number of nitrogens with two attached hydrogens (primary N) is 1. The fraction of sp³-hybridized carbons (Fsp3) is 0.778. The van der Waals surface area contributed by atoms with E-state index in [9.17, 15) is 0 Å². The largest absolute Gasteiger partial charge is 0.339 e. The number of hydrogen-bond acceptors (Lipinski definition) is 4. The molecule has 0 aliphatic heterocycles. The second kappa shape index (κ2) is 4.97. The van der Waals surface area contributed by atoms with Gasteiger partial charge in [-0.15, -0.1) is 0 Å². The lowest BCUT2D eigenvalue weighted by atomic mass is 10.1. The first-order valence-corrected chi connectivity index (χ1v) is 4.80. The first-order chi connectivity index (χ1) is 6.27. The SMILES string of the molecule is CCC(C)c1noc(CCCN)n1. The zero-order valence-electron chi connectivity index (χ0n) is 8.29. The van der Waals surface area contributed by atoms with Crippen LogP contribution in [0.3, 0.4) is 0 Å². The molecule has 0 saturated heterocycles. The minimum absolute atomic E-state index is 0.385. The van der Waals surface area contributed by atoms with Crippen LogP contribution in [-0.4, -0.2) is 16.7 Å². The van der Waals surface area contributed by atoms with E-state index in [1.54, 1.807) is 0 Å². The maximum atomic E-state index is 5.38. The second-order valence-corrected chi connectivity index (χ2v) is 3.25. The van der Waals surface area contributed by atoms with Crippen LogP contribution in [0.5, 0.6) is 0 Å². The molecule has 0 aromatic carbocycles. The lowest BCUT2D eigenvalue weighted by molar-refractivity contribution is 0.368. The summed E-state index contributed by atoms with van der Waals surface area (Å²) in [5, 5.41) is 3.91. The van der Waals surface area contributed by atoms with Gasteiger partial charge in [0.15, 0.2) is 5.82 Å². The van der Waals surface area contributed by atoms with E-state index in [-0.39, 0.29) is 0 Å². The highest BCUT2D eigenvalue weighted by atomic mass is 16.5. The van der Waals surface area contributed by atoms with E-state index < -0.39 is 0 Å². The third kappa shape index (κ3) is 2.81. The van der Waals surface area contributed by atoms with Gasteiger partial charge >= 0.3 is 0 Å². The van der Waals surface area contributed by atoms with Crippen molar-refractivity contribution >= 4 is 0 Å². The Bertz CT molecular complexity index is 247. The summed E-state index contributed by atoms with van der Waals surface area (Å²) >= 11 is 0. The summed E-state index contributed by atoms with van der Waals surface area (Å²) in [6.45, 7) is 4.87. The summed E-state index contributed by atoms with van der Waals surface area (Å²) in [4.78, 5) is 4.29. The quantitative estimate of drug-likeness (QED) is 0.750. The molecule has 4 heteroatoms. The number of aromatic nitrogens is 2. The Morgan fingerprint density at radius 2 is 2.31 bits per heavy atom. The van der Waals surface area contributed by atoms with Crippen molar-refractivity contribution in [3.63, 3.8) is 0 Å². The highest BCUT2D eigenvalue weighted by Crippen LogP contribution is 2.14. The molecule has 0 amide bonds. The van der Waals surface area contributed by atoms with Crippen molar-refractivity contribution in [3.05, 3.63) is 11.7 Å². The highest BCUT2D eigenvalue weighted by molar-refractivity contribution is 4.93. The van der Waals surface area contributed by atoms with Gasteiger partial charge in [-0.25, -0.2) is 0 Å². The molecule has 1 rings (SSSR count). The third-order valence-electron chi connectivity index (χ3n) is 2.13. The monoisotopic (exact) mass is 183 g/mol. The number of aryl methyl sites for hydroxylation is 1. The van der Waals surface area contributed by atoms with Crippen molar-refractivity contribution in [2.24, 2.45) is 5.73 Å². The van der Waals surface area contributed by atoms with Crippen LogP contribution in [0.4, 0.5) is 0 Å². The summed E-state index contributed by atoms with van der Waals surface area (Å²) in [5.41, 5.74) is 5.38.